The van der Waals surface area contributed by atoms with Gasteiger partial charge >= 0.3 is 5.63 Å². The van der Waals surface area contributed by atoms with Gasteiger partial charge in [0, 0.05) is 10.9 Å². The summed E-state index contributed by atoms with van der Waals surface area (Å²) < 4.78 is 37.4. The molecule has 146 valence electrons. The van der Waals surface area contributed by atoms with Gasteiger partial charge in [0.1, 0.15) is 11.3 Å². The van der Waals surface area contributed by atoms with Crippen molar-refractivity contribution in [3.8, 4) is 16.9 Å². The lowest BCUT2D eigenvalue weighted by Crippen LogP contribution is -2.16. The molecule has 0 fully saturated rings. The monoisotopic (exact) mass is 406 g/mol. The van der Waals surface area contributed by atoms with E-state index in [2.05, 4.69) is 0 Å². The molecule has 0 radical (unpaired) electrons. The van der Waals surface area contributed by atoms with Gasteiger partial charge in [0.05, 0.1) is 12.0 Å². The van der Waals surface area contributed by atoms with E-state index in [9.17, 15) is 13.2 Å². The van der Waals surface area contributed by atoms with Crippen molar-refractivity contribution in [1.29, 1.82) is 0 Å². The quantitative estimate of drug-likeness (QED) is 0.463. The lowest BCUT2D eigenvalue weighted by atomic mass is 10.0. The highest BCUT2D eigenvalue weighted by atomic mass is 32.2. The molecule has 1 heterocycles. The third-order valence-electron chi connectivity index (χ3n) is 4.72. The SMILES string of the molecule is COc1ccc(S(=O)(=O)c2c(-c3ccccc3)c3ccc(C)cc3oc2=O)cc1. The number of sulfone groups is 1. The topological polar surface area (TPSA) is 73.6 Å². The van der Waals surface area contributed by atoms with Crippen LogP contribution in [-0.4, -0.2) is 15.5 Å². The molecule has 0 amide bonds. The zero-order valence-electron chi connectivity index (χ0n) is 15.9. The molecule has 0 spiro atoms. The van der Waals surface area contributed by atoms with Crippen LogP contribution >= 0.6 is 0 Å². The lowest BCUT2D eigenvalue weighted by molar-refractivity contribution is 0.414. The predicted molar refractivity (Wildman–Crippen MR) is 111 cm³/mol. The highest BCUT2D eigenvalue weighted by molar-refractivity contribution is 7.91. The van der Waals surface area contributed by atoms with Gasteiger partial charge in [0.15, 0.2) is 4.90 Å². The number of hydrogen-bond donors (Lipinski definition) is 0. The molecule has 0 aliphatic rings. The van der Waals surface area contributed by atoms with Crippen molar-refractivity contribution < 1.29 is 17.6 Å². The van der Waals surface area contributed by atoms with Gasteiger partial charge in [-0.2, -0.15) is 0 Å². The minimum Gasteiger partial charge on any atom is -0.497 e. The molecule has 3 aromatic carbocycles. The molecule has 4 aromatic rings. The van der Waals surface area contributed by atoms with Crippen molar-refractivity contribution in [3.05, 3.63) is 88.8 Å². The summed E-state index contributed by atoms with van der Waals surface area (Å²) >= 11 is 0. The Morgan fingerprint density at radius 2 is 1.59 bits per heavy atom. The highest BCUT2D eigenvalue weighted by Crippen LogP contribution is 2.35. The fourth-order valence-electron chi connectivity index (χ4n) is 3.30. The summed E-state index contributed by atoms with van der Waals surface area (Å²) in [6.45, 7) is 1.88. The van der Waals surface area contributed by atoms with E-state index in [1.165, 1.54) is 19.2 Å². The number of benzene rings is 3. The van der Waals surface area contributed by atoms with Crippen LogP contribution < -0.4 is 10.4 Å². The number of aryl methyl sites for hydroxylation is 1. The van der Waals surface area contributed by atoms with Crippen LogP contribution in [0.3, 0.4) is 0 Å². The normalized spacial score (nSPS) is 11.5. The minimum atomic E-state index is -4.14. The summed E-state index contributed by atoms with van der Waals surface area (Å²) in [6, 6.07) is 20.3. The van der Waals surface area contributed by atoms with E-state index in [4.69, 9.17) is 9.15 Å². The van der Waals surface area contributed by atoms with Crippen molar-refractivity contribution >= 4 is 20.8 Å². The molecule has 0 saturated carbocycles. The second-order valence-electron chi connectivity index (χ2n) is 6.64. The van der Waals surface area contributed by atoms with E-state index in [0.717, 1.165) is 5.56 Å². The van der Waals surface area contributed by atoms with Crippen LogP contribution in [0, 0.1) is 6.92 Å². The molecule has 29 heavy (non-hydrogen) atoms. The fraction of sp³-hybridized carbons (Fsp3) is 0.0870. The number of fused-ring (bicyclic) bond motifs is 1. The maximum atomic E-state index is 13.5. The molecule has 0 saturated heterocycles. The molecule has 1 aromatic heterocycles. The Kier molecular flexibility index (Phi) is 4.72. The van der Waals surface area contributed by atoms with Gasteiger partial charge in [-0.1, -0.05) is 42.5 Å². The number of methoxy groups -OCH3 is 1. The van der Waals surface area contributed by atoms with Crippen molar-refractivity contribution in [2.75, 3.05) is 7.11 Å². The number of ether oxygens (including phenoxy) is 1. The molecule has 0 atom stereocenters. The van der Waals surface area contributed by atoms with Crippen LogP contribution in [0.5, 0.6) is 5.75 Å². The van der Waals surface area contributed by atoms with E-state index in [1.807, 2.05) is 19.1 Å². The van der Waals surface area contributed by atoms with Crippen molar-refractivity contribution in [3.63, 3.8) is 0 Å². The van der Waals surface area contributed by atoms with E-state index >= 15 is 0 Å². The Hall–Kier alpha value is -3.38. The van der Waals surface area contributed by atoms with E-state index in [1.54, 1.807) is 48.5 Å². The second kappa shape index (κ2) is 7.22. The van der Waals surface area contributed by atoms with Gasteiger partial charge in [-0.25, -0.2) is 13.2 Å². The fourth-order valence-corrected chi connectivity index (χ4v) is 4.79. The Morgan fingerprint density at radius 3 is 2.24 bits per heavy atom. The average molecular weight is 406 g/mol. The summed E-state index contributed by atoms with van der Waals surface area (Å²) in [6.07, 6.45) is 0. The maximum Gasteiger partial charge on any atom is 0.356 e. The summed E-state index contributed by atoms with van der Waals surface area (Å²) in [4.78, 5) is 12.5. The van der Waals surface area contributed by atoms with E-state index in [0.29, 0.717) is 27.8 Å². The Morgan fingerprint density at radius 1 is 0.897 bits per heavy atom. The van der Waals surface area contributed by atoms with Crippen molar-refractivity contribution in [2.24, 2.45) is 0 Å². The smallest absolute Gasteiger partial charge is 0.356 e. The maximum absolute atomic E-state index is 13.5. The molecular formula is C23H18O5S. The van der Waals surface area contributed by atoms with Gasteiger partial charge in [-0.15, -0.1) is 0 Å². The van der Waals surface area contributed by atoms with Crippen LogP contribution in [0.15, 0.2) is 91.8 Å². The standard InChI is InChI=1S/C23H18O5S/c1-15-8-13-19-20(14-15)28-23(24)22(21(19)16-6-4-3-5-7-16)29(25,26)18-11-9-17(27-2)10-12-18/h3-14H,1-2H3. The van der Waals surface area contributed by atoms with Crippen LogP contribution in [0.2, 0.25) is 0 Å². The molecular weight excluding hydrogens is 388 g/mol. The third-order valence-corrected chi connectivity index (χ3v) is 6.52. The first-order valence-electron chi connectivity index (χ1n) is 8.94. The number of rotatable bonds is 4. The molecule has 0 unspecified atom stereocenters. The lowest BCUT2D eigenvalue weighted by Gasteiger charge is -2.13. The summed E-state index contributed by atoms with van der Waals surface area (Å²) in [5, 5.41) is 0.563. The van der Waals surface area contributed by atoms with Gasteiger partial charge in [0.25, 0.3) is 0 Å². The van der Waals surface area contributed by atoms with E-state index in [-0.39, 0.29) is 9.79 Å². The predicted octanol–water partition coefficient (Wildman–Crippen LogP) is 4.61. The largest absolute Gasteiger partial charge is 0.497 e. The van der Waals surface area contributed by atoms with Crippen LogP contribution in [-0.2, 0) is 9.84 Å². The molecule has 5 nitrogen and oxygen atoms in total. The average Bonchev–Trinajstić information content (AvgIpc) is 2.73. The third kappa shape index (κ3) is 3.32. The molecule has 0 bridgehead atoms. The molecule has 0 aliphatic heterocycles. The van der Waals surface area contributed by atoms with Gasteiger partial charge in [0.2, 0.25) is 9.84 Å². The van der Waals surface area contributed by atoms with Crippen molar-refractivity contribution in [1.82, 2.24) is 0 Å². The van der Waals surface area contributed by atoms with Crippen LogP contribution in [0.1, 0.15) is 5.56 Å². The second-order valence-corrected chi connectivity index (χ2v) is 8.52. The molecule has 0 aliphatic carbocycles. The summed E-state index contributed by atoms with van der Waals surface area (Å²) in [5.41, 5.74) is 1.33. The first kappa shape index (κ1) is 19.0. The summed E-state index contributed by atoms with van der Waals surface area (Å²) in [5.74, 6) is 0.522. The van der Waals surface area contributed by atoms with E-state index < -0.39 is 15.5 Å². The van der Waals surface area contributed by atoms with Crippen LogP contribution in [0.4, 0.5) is 0 Å². The Labute approximate surface area is 168 Å². The number of hydrogen-bond acceptors (Lipinski definition) is 5. The minimum absolute atomic E-state index is 0.00533. The molecule has 6 heteroatoms. The van der Waals surface area contributed by atoms with Crippen LogP contribution in [0.25, 0.3) is 22.1 Å². The molecule has 0 N–H and O–H groups in total. The van der Waals surface area contributed by atoms with Gasteiger partial charge < -0.3 is 9.15 Å². The first-order chi connectivity index (χ1) is 13.9. The zero-order valence-corrected chi connectivity index (χ0v) is 16.7. The summed E-state index contributed by atoms with van der Waals surface area (Å²) in [7, 11) is -2.64. The first-order valence-corrected chi connectivity index (χ1v) is 10.4. The van der Waals surface area contributed by atoms with Gasteiger partial charge in [-0.3, -0.25) is 0 Å². The molecule has 4 rings (SSSR count). The zero-order chi connectivity index (χ0) is 20.6. The Balaban J connectivity index is 2.09. The Bertz CT molecular complexity index is 1350. The van der Waals surface area contributed by atoms with Gasteiger partial charge in [-0.05, 0) is 48.4 Å². The van der Waals surface area contributed by atoms with Crippen molar-refractivity contribution in [2.45, 2.75) is 16.7 Å². The highest BCUT2D eigenvalue weighted by Gasteiger charge is 2.29.